The van der Waals surface area contributed by atoms with Gasteiger partial charge in [-0.25, -0.2) is 0 Å². The summed E-state index contributed by atoms with van der Waals surface area (Å²) in [5, 5.41) is 22.1. The van der Waals surface area contributed by atoms with E-state index in [0.717, 1.165) is 12.8 Å². The summed E-state index contributed by atoms with van der Waals surface area (Å²) in [6.45, 7) is 8.02. The van der Waals surface area contributed by atoms with E-state index in [4.69, 9.17) is 4.74 Å². The van der Waals surface area contributed by atoms with Crippen LogP contribution >= 0.6 is 12.4 Å². The van der Waals surface area contributed by atoms with Gasteiger partial charge in [-0.15, -0.1) is 12.4 Å². The van der Waals surface area contributed by atoms with Crippen LogP contribution < -0.4 is 4.74 Å². The summed E-state index contributed by atoms with van der Waals surface area (Å²) < 4.78 is 5.93. The molecule has 1 aromatic rings. The number of non-ortho nitro benzene ring substituents is 1. The first-order valence-corrected chi connectivity index (χ1v) is 8.15. The molecule has 0 radical (unpaired) electrons. The molecule has 2 aliphatic rings. The summed E-state index contributed by atoms with van der Waals surface area (Å²) >= 11 is 0. The number of rotatable bonds is 2. The lowest BCUT2D eigenvalue weighted by molar-refractivity contribution is -0.385. The number of nitro benzene ring substituents is 1. The van der Waals surface area contributed by atoms with Gasteiger partial charge >= 0.3 is 0 Å². The third-order valence-corrected chi connectivity index (χ3v) is 5.25. The molecular formula is C17H25ClN2O4. The maximum Gasteiger partial charge on any atom is 0.270 e. The molecule has 134 valence electrons. The first kappa shape index (κ1) is 19.0. The van der Waals surface area contributed by atoms with Crippen molar-refractivity contribution >= 4 is 18.1 Å². The predicted octanol–water partition coefficient (Wildman–Crippen LogP) is 3.46. The topological polar surface area (TPSA) is 75.8 Å². The van der Waals surface area contributed by atoms with Gasteiger partial charge in [-0.2, -0.15) is 0 Å². The van der Waals surface area contributed by atoms with Gasteiger partial charge in [-0.1, -0.05) is 0 Å². The lowest BCUT2D eigenvalue weighted by Crippen LogP contribution is -2.55. The first-order chi connectivity index (χ1) is 10.7. The maximum absolute atomic E-state index is 11.1. The zero-order valence-electron chi connectivity index (χ0n) is 14.4. The molecule has 0 bridgehead atoms. The lowest BCUT2D eigenvalue weighted by atomic mass is 9.84. The van der Waals surface area contributed by atoms with Crippen molar-refractivity contribution in [3.63, 3.8) is 0 Å². The van der Waals surface area contributed by atoms with Crippen molar-refractivity contribution in [3.05, 3.63) is 33.9 Å². The minimum atomic E-state index is -0.750. The maximum atomic E-state index is 11.1. The highest BCUT2D eigenvalue weighted by Gasteiger charge is 2.49. The van der Waals surface area contributed by atoms with Crippen molar-refractivity contribution in [2.24, 2.45) is 0 Å². The Labute approximate surface area is 148 Å². The van der Waals surface area contributed by atoms with Crippen molar-refractivity contribution in [1.29, 1.82) is 0 Å². The van der Waals surface area contributed by atoms with Crippen LogP contribution in [0.1, 0.15) is 52.1 Å². The lowest BCUT2D eigenvalue weighted by Gasteiger charge is -2.47. The van der Waals surface area contributed by atoms with Gasteiger partial charge in [-0.05, 0) is 46.6 Å². The Bertz CT molecular complexity index is 627. The molecule has 1 N–H and O–H groups in total. The van der Waals surface area contributed by atoms with Crippen LogP contribution in [0.15, 0.2) is 18.2 Å². The molecule has 2 heterocycles. The Balaban J connectivity index is 0.00000208. The SMILES string of the molecule is C[C@@H]1CC[C@@H](C)N1C1c2cc([N+](=O)[O-])ccc2OC(C)(C)C1O.Cl. The van der Waals surface area contributed by atoms with Crippen molar-refractivity contribution in [2.45, 2.75) is 70.4 Å². The fourth-order valence-electron chi connectivity index (χ4n) is 3.95. The monoisotopic (exact) mass is 356 g/mol. The molecule has 2 unspecified atom stereocenters. The summed E-state index contributed by atoms with van der Waals surface area (Å²) in [6, 6.07) is 5.02. The number of ether oxygens (including phenoxy) is 1. The van der Waals surface area contributed by atoms with E-state index in [9.17, 15) is 15.2 Å². The largest absolute Gasteiger partial charge is 0.485 e. The molecule has 24 heavy (non-hydrogen) atoms. The van der Waals surface area contributed by atoms with Gasteiger partial charge in [0, 0.05) is 29.8 Å². The quantitative estimate of drug-likeness (QED) is 0.648. The van der Waals surface area contributed by atoms with Crippen LogP contribution in [0, 0.1) is 10.1 Å². The minimum absolute atomic E-state index is 0. The molecule has 1 fully saturated rings. The number of hydrogen-bond donors (Lipinski definition) is 1. The van der Waals surface area contributed by atoms with Crippen molar-refractivity contribution < 1.29 is 14.8 Å². The molecule has 1 aromatic carbocycles. The van der Waals surface area contributed by atoms with Gasteiger partial charge < -0.3 is 9.84 Å². The van der Waals surface area contributed by atoms with Gasteiger partial charge in [0.05, 0.1) is 11.0 Å². The van der Waals surface area contributed by atoms with Crippen LogP contribution in [-0.4, -0.2) is 38.7 Å². The second-order valence-electron chi connectivity index (χ2n) is 7.30. The molecule has 1 saturated heterocycles. The van der Waals surface area contributed by atoms with Crippen LogP contribution in [0.2, 0.25) is 0 Å². The van der Waals surface area contributed by atoms with E-state index < -0.39 is 16.6 Å². The van der Waals surface area contributed by atoms with E-state index in [1.807, 2.05) is 13.8 Å². The average Bonchev–Trinajstić information content (AvgIpc) is 2.79. The van der Waals surface area contributed by atoms with Gasteiger partial charge in [0.15, 0.2) is 0 Å². The van der Waals surface area contributed by atoms with Gasteiger partial charge in [0.2, 0.25) is 0 Å². The molecule has 4 atom stereocenters. The number of aliphatic hydroxyl groups excluding tert-OH is 1. The Morgan fingerprint density at radius 2 is 1.88 bits per heavy atom. The number of nitro groups is 1. The van der Waals surface area contributed by atoms with E-state index >= 15 is 0 Å². The number of fused-ring (bicyclic) bond motifs is 1. The van der Waals surface area contributed by atoms with Crippen molar-refractivity contribution in [3.8, 4) is 5.75 Å². The summed E-state index contributed by atoms with van der Waals surface area (Å²) in [5.41, 5.74) is 0.00548. The Morgan fingerprint density at radius 1 is 1.29 bits per heavy atom. The van der Waals surface area contributed by atoms with Crippen LogP contribution in [0.5, 0.6) is 5.75 Å². The highest BCUT2D eigenvalue weighted by atomic mass is 35.5. The van der Waals surface area contributed by atoms with E-state index in [-0.39, 0.29) is 24.1 Å². The first-order valence-electron chi connectivity index (χ1n) is 8.15. The highest BCUT2D eigenvalue weighted by Crippen LogP contribution is 2.47. The summed E-state index contributed by atoms with van der Waals surface area (Å²) in [5.74, 6) is 0.627. The smallest absolute Gasteiger partial charge is 0.270 e. The number of benzene rings is 1. The highest BCUT2D eigenvalue weighted by molar-refractivity contribution is 5.85. The van der Waals surface area contributed by atoms with Crippen LogP contribution in [-0.2, 0) is 0 Å². The van der Waals surface area contributed by atoms with Crippen LogP contribution in [0.3, 0.4) is 0 Å². The third kappa shape index (κ3) is 2.98. The molecule has 3 rings (SSSR count). The zero-order valence-corrected chi connectivity index (χ0v) is 15.2. The molecule has 0 saturated carbocycles. The standard InChI is InChI=1S/C17H24N2O4.ClH/c1-10-5-6-11(2)18(10)15-13-9-12(19(21)22)7-8-14(13)23-17(3,4)16(15)20;/h7-11,15-16,20H,5-6H2,1-4H3;1H/t10-,11-,15?,16?;/m1./s1. The van der Waals surface area contributed by atoms with Crippen LogP contribution in [0.4, 0.5) is 5.69 Å². The summed E-state index contributed by atoms with van der Waals surface area (Å²) in [7, 11) is 0. The van der Waals surface area contributed by atoms with Gasteiger partial charge in [-0.3, -0.25) is 15.0 Å². The molecule has 7 heteroatoms. The third-order valence-electron chi connectivity index (χ3n) is 5.25. The van der Waals surface area contributed by atoms with Crippen molar-refractivity contribution in [1.82, 2.24) is 4.90 Å². The molecule has 0 aliphatic carbocycles. The summed E-state index contributed by atoms with van der Waals surface area (Å²) in [6.07, 6.45) is 1.38. The second-order valence-corrected chi connectivity index (χ2v) is 7.30. The number of halogens is 1. The molecule has 6 nitrogen and oxygen atoms in total. The van der Waals surface area contributed by atoms with Crippen LogP contribution in [0.25, 0.3) is 0 Å². The predicted molar refractivity (Wildman–Crippen MR) is 93.8 cm³/mol. The van der Waals surface area contributed by atoms with E-state index in [1.54, 1.807) is 12.1 Å². The number of likely N-dealkylation sites (tertiary alicyclic amines) is 1. The van der Waals surface area contributed by atoms with Gasteiger partial charge in [0.1, 0.15) is 17.5 Å². The summed E-state index contributed by atoms with van der Waals surface area (Å²) in [4.78, 5) is 13.0. The molecule has 0 aromatic heterocycles. The van der Waals surface area contributed by atoms with Gasteiger partial charge in [0.25, 0.3) is 5.69 Å². The Hall–Kier alpha value is -1.37. The normalized spacial score (nSPS) is 31.7. The number of aliphatic hydroxyl groups is 1. The average molecular weight is 357 g/mol. The molecule has 2 aliphatic heterocycles. The number of nitrogens with zero attached hydrogens (tertiary/aromatic N) is 2. The molecule has 0 amide bonds. The Kier molecular flexibility index (Phi) is 5.14. The van der Waals surface area contributed by atoms with E-state index in [1.165, 1.54) is 6.07 Å². The molecule has 0 spiro atoms. The fourth-order valence-corrected chi connectivity index (χ4v) is 3.95. The van der Waals surface area contributed by atoms with Crippen molar-refractivity contribution in [2.75, 3.05) is 0 Å². The van der Waals surface area contributed by atoms with E-state index in [0.29, 0.717) is 23.4 Å². The Morgan fingerprint density at radius 3 is 2.42 bits per heavy atom. The number of hydrogen-bond acceptors (Lipinski definition) is 5. The fraction of sp³-hybridized carbons (Fsp3) is 0.647. The zero-order chi connectivity index (χ0) is 16.9. The second kappa shape index (κ2) is 6.50. The molecular weight excluding hydrogens is 332 g/mol. The minimum Gasteiger partial charge on any atom is -0.485 e. The van der Waals surface area contributed by atoms with E-state index in [2.05, 4.69) is 18.7 Å².